The number of anilines is 1. The minimum Gasteiger partial charge on any atom is -0.368 e. The average Bonchev–Trinajstić information content (AvgIpc) is 2.94. The molecular weight excluding hydrogens is 250 g/mol. The van der Waals surface area contributed by atoms with Gasteiger partial charge in [-0.25, -0.2) is 0 Å². The van der Waals surface area contributed by atoms with Crippen molar-refractivity contribution in [2.45, 2.75) is 12.8 Å². The van der Waals surface area contributed by atoms with E-state index in [9.17, 15) is 0 Å². The molecule has 0 aliphatic rings. The molecule has 0 radical (unpaired) electrons. The lowest BCUT2D eigenvalue weighted by Gasteiger charge is -2.08. The highest BCUT2D eigenvalue weighted by atomic mass is 16.5. The molecule has 2 aromatic heterocycles. The fraction of sp³-hybridized carbons (Fsp3) is 0.125. The van der Waals surface area contributed by atoms with E-state index in [0.29, 0.717) is 5.88 Å². The SMILES string of the molecule is CC(c1ccc(-c2ccccc2)cn1)c1cc(N)on1. The molecule has 0 aliphatic carbocycles. The van der Waals surface area contributed by atoms with E-state index in [4.69, 9.17) is 10.3 Å². The maximum atomic E-state index is 5.55. The van der Waals surface area contributed by atoms with Crippen LogP contribution in [0.3, 0.4) is 0 Å². The molecule has 0 spiro atoms. The molecule has 0 amide bonds. The van der Waals surface area contributed by atoms with E-state index in [1.54, 1.807) is 6.07 Å². The Balaban J connectivity index is 1.86. The lowest BCUT2D eigenvalue weighted by molar-refractivity contribution is 0.425. The summed E-state index contributed by atoms with van der Waals surface area (Å²) in [5, 5.41) is 3.93. The summed E-state index contributed by atoms with van der Waals surface area (Å²) in [5.41, 5.74) is 9.54. The van der Waals surface area contributed by atoms with Crippen LogP contribution in [-0.2, 0) is 0 Å². The summed E-state index contributed by atoms with van der Waals surface area (Å²) < 4.78 is 4.90. The predicted molar refractivity (Wildman–Crippen MR) is 78.1 cm³/mol. The summed E-state index contributed by atoms with van der Waals surface area (Å²) in [6.45, 7) is 2.03. The van der Waals surface area contributed by atoms with Gasteiger partial charge in [-0.1, -0.05) is 48.5 Å². The maximum Gasteiger partial charge on any atom is 0.222 e. The smallest absolute Gasteiger partial charge is 0.222 e. The largest absolute Gasteiger partial charge is 0.368 e. The molecule has 1 unspecified atom stereocenters. The number of aromatic nitrogens is 2. The van der Waals surface area contributed by atoms with Crippen LogP contribution in [0.25, 0.3) is 11.1 Å². The number of nitrogens with zero attached hydrogens (tertiary/aromatic N) is 2. The Morgan fingerprint density at radius 3 is 2.40 bits per heavy atom. The van der Waals surface area contributed by atoms with E-state index >= 15 is 0 Å². The molecular formula is C16H15N3O. The molecule has 0 saturated heterocycles. The molecule has 1 aromatic carbocycles. The van der Waals surface area contributed by atoms with Crippen LogP contribution in [0.1, 0.15) is 24.2 Å². The Labute approximate surface area is 117 Å². The van der Waals surface area contributed by atoms with Crippen molar-refractivity contribution in [1.82, 2.24) is 10.1 Å². The molecule has 1 atom stereocenters. The first-order valence-corrected chi connectivity index (χ1v) is 6.47. The maximum absolute atomic E-state index is 5.55. The Kier molecular flexibility index (Phi) is 3.21. The fourth-order valence-electron chi connectivity index (χ4n) is 2.12. The summed E-state index contributed by atoms with van der Waals surface area (Å²) >= 11 is 0. The van der Waals surface area contributed by atoms with Gasteiger partial charge in [-0.2, -0.15) is 0 Å². The van der Waals surface area contributed by atoms with E-state index in [2.05, 4.69) is 28.3 Å². The molecule has 4 nitrogen and oxygen atoms in total. The van der Waals surface area contributed by atoms with E-state index < -0.39 is 0 Å². The highest BCUT2D eigenvalue weighted by Gasteiger charge is 2.14. The highest BCUT2D eigenvalue weighted by molar-refractivity contribution is 5.62. The number of hydrogen-bond acceptors (Lipinski definition) is 4. The predicted octanol–water partition coefficient (Wildman–Crippen LogP) is 3.47. The minimum atomic E-state index is 0.0564. The normalized spacial score (nSPS) is 12.2. The molecule has 3 aromatic rings. The van der Waals surface area contributed by atoms with Crippen molar-refractivity contribution in [2.24, 2.45) is 0 Å². The van der Waals surface area contributed by atoms with Gasteiger partial charge in [0.15, 0.2) is 0 Å². The molecule has 100 valence electrons. The Morgan fingerprint density at radius 1 is 1.00 bits per heavy atom. The number of benzene rings is 1. The summed E-state index contributed by atoms with van der Waals surface area (Å²) in [6, 6.07) is 16.0. The van der Waals surface area contributed by atoms with Gasteiger partial charge in [-0.3, -0.25) is 4.98 Å². The first kappa shape index (κ1) is 12.4. The summed E-state index contributed by atoms with van der Waals surface area (Å²) in [6.07, 6.45) is 1.88. The van der Waals surface area contributed by atoms with Crippen molar-refractivity contribution < 1.29 is 4.52 Å². The van der Waals surface area contributed by atoms with Gasteiger partial charge >= 0.3 is 0 Å². The summed E-state index contributed by atoms with van der Waals surface area (Å²) in [5.74, 6) is 0.383. The quantitative estimate of drug-likeness (QED) is 0.787. The zero-order valence-electron chi connectivity index (χ0n) is 11.2. The van der Waals surface area contributed by atoms with Gasteiger partial charge in [0.2, 0.25) is 5.88 Å². The van der Waals surface area contributed by atoms with Gasteiger partial charge in [-0.15, -0.1) is 0 Å². The summed E-state index contributed by atoms with van der Waals surface area (Å²) in [7, 11) is 0. The third-order valence-electron chi connectivity index (χ3n) is 3.33. The zero-order chi connectivity index (χ0) is 13.9. The average molecular weight is 265 g/mol. The second kappa shape index (κ2) is 5.17. The first-order chi connectivity index (χ1) is 9.74. The molecule has 0 aliphatic heterocycles. The minimum absolute atomic E-state index is 0.0564. The van der Waals surface area contributed by atoms with Crippen LogP contribution >= 0.6 is 0 Å². The number of hydrogen-bond donors (Lipinski definition) is 1. The standard InChI is InChI=1S/C16H15N3O/c1-11(15-9-16(17)20-19-15)14-8-7-13(10-18-14)12-5-3-2-4-6-12/h2-11H,17H2,1H3. The van der Waals surface area contributed by atoms with Crippen molar-refractivity contribution in [3.63, 3.8) is 0 Å². The second-order valence-electron chi connectivity index (χ2n) is 4.71. The van der Waals surface area contributed by atoms with Crippen molar-refractivity contribution in [3.05, 3.63) is 66.1 Å². The van der Waals surface area contributed by atoms with Crippen molar-refractivity contribution in [2.75, 3.05) is 5.73 Å². The van der Waals surface area contributed by atoms with E-state index in [1.807, 2.05) is 37.4 Å². The molecule has 3 rings (SSSR count). The van der Waals surface area contributed by atoms with Crippen LogP contribution in [0.4, 0.5) is 5.88 Å². The van der Waals surface area contributed by atoms with Crippen LogP contribution in [0.5, 0.6) is 0 Å². The van der Waals surface area contributed by atoms with E-state index in [-0.39, 0.29) is 5.92 Å². The fourth-order valence-corrected chi connectivity index (χ4v) is 2.12. The summed E-state index contributed by atoms with van der Waals surface area (Å²) in [4.78, 5) is 4.52. The van der Waals surface area contributed by atoms with Gasteiger partial charge in [0.1, 0.15) is 0 Å². The van der Waals surface area contributed by atoms with Crippen LogP contribution in [0.15, 0.2) is 59.3 Å². The van der Waals surface area contributed by atoms with E-state index in [0.717, 1.165) is 22.5 Å². The zero-order valence-corrected chi connectivity index (χ0v) is 11.2. The Morgan fingerprint density at radius 2 is 1.80 bits per heavy atom. The van der Waals surface area contributed by atoms with Gasteiger partial charge in [-0.05, 0) is 11.6 Å². The first-order valence-electron chi connectivity index (χ1n) is 6.47. The van der Waals surface area contributed by atoms with Crippen LogP contribution < -0.4 is 5.73 Å². The van der Waals surface area contributed by atoms with Crippen molar-refractivity contribution in [3.8, 4) is 11.1 Å². The topological polar surface area (TPSA) is 64.9 Å². The number of nitrogens with two attached hydrogens (primary N) is 1. The molecule has 2 N–H and O–H groups in total. The lowest BCUT2D eigenvalue weighted by atomic mass is 10.0. The van der Waals surface area contributed by atoms with Gasteiger partial charge < -0.3 is 10.3 Å². The van der Waals surface area contributed by atoms with Gasteiger partial charge in [0, 0.05) is 29.4 Å². The van der Waals surface area contributed by atoms with Crippen molar-refractivity contribution in [1.29, 1.82) is 0 Å². The number of rotatable bonds is 3. The number of nitrogen functional groups attached to an aromatic ring is 1. The molecule has 0 saturated carbocycles. The molecule has 4 heteroatoms. The second-order valence-corrected chi connectivity index (χ2v) is 4.71. The van der Waals surface area contributed by atoms with Gasteiger partial charge in [0.25, 0.3) is 0 Å². The molecule has 2 heterocycles. The molecule has 0 bridgehead atoms. The van der Waals surface area contributed by atoms with Crippen LogP contribution in [0, 0.1) is 0 Å². The van der Waals surface area contributed by atoms with Crippen LogP contribution in [-0.4, -0.2) is 10.1 Å². The van der Waals surface area contributed by atoms with Gasteiger partial charge in [0.05, 0.1) is 5.69 Å². The van der Waals surface area contributed by atoms with Crippen molar-refractivity contribution >= 4 is 5.88 Å². The third kappa shape index (κ3) is 2.40. The highest BCUT2D eigenvalue weighted by Crippen LogP contribution is 2.25. The third-order valence-corrected chi connectivity index (χ3v) is 3.33. The molecule has 0 fully saturated rings. The van der Waals surface area contributed by atoms with E-state index in [1.165, 1.54) is 0 Å². The number of pyridine rings is 1. The molecule has 20 heavy (non-hydrogen) atoms. The lowest BCUT2D eigenvalue weighted by Crippen LogP contribution is -1.99. The monoisotopic (exact) mass is 265 g/mol. The Hall–Kier alpha value is -2.62. The Bertz CT molecular complexity index is 689. The van der Waals surface area contributed by atoms with Crippen LogP contribution in [0.2, 0.25) is 0 Å².